The first kappa shape index (κ1) is 24.2. The van der Waals surface area contributed by atoms with E-state index in [1.54, 1.807) is 31.2 Å². The highest BCUT2D eigenvalue weighted by Crippen LogP contribution is 2.26. The molecule has 0 heterocycles. The van der Waals surface area contributed by atoms with Crippen LogP contribution < -0.4 is 10.0 Å². The summed E-state index contributed by atoms with van der Waals surface area (Å²) in [5.41, 5.74) is 4.34. The Labute approximate surface area is 187 Å². The van der Waals surface area contributed by atoms with E-state index in [9.17, 15) is 8.42 Å². The number of sulfonamides is 1. The molecule has 0 aliphatic heterocycles. The second-order valence-corrected chi connectivity index (χ2v) is 10.1. The smallest absolute Gasteiger partial charge is 0.262 e. The van der Waals surface area contributed by atoms with E-state index in [-0.39, 0.29) is 10.3 Å². The molecule has 0 unspecified atom stereocenters. The van der Waals surface area contributed by atoms with Crippen molar-refractivity contribution in [2.75, 3.05) is 5.32 Å². The first-order chi connectivity index (χ1) is 14.5. The Kier molecular flexibility index (Phi) is 7.69. The third kappa shape index (κ3) is 6.46. The Bertz CT molecular complexity index is 1120. The van der Waals surface area contributed by atoms with Crippen LogP contribution >= 0.6 is 0 Å². The first-order valence-electron chi connectivity index (χ1n) is 10.1. The van der Waals surface area contributed by atoms with Crippen LogP contribution in [-0.2, 0) is 15.4 Å². The molecule has 0 fully saturated rings. The van der Waals surface area contributed by atoms with Gasteiger partial charge in [-0.3, -0.25) is 4.72 Å². The van der Waals surface area contributed by atoms with Crippen molar-refractivity contribution in [3.8, 4) is 0 Å². The van der Waals surface area contributed by atoms with Gasteiger partial charge in [-0.2, -0.15) is 0 Å². The summed E-state index contributed by atoms with van der Waals surface area (Å²) in [6, 6.07) is 12.7. The lowest BCUT2D eigenvalue weighted by atomic mass is 9.87. The van der Waals surface area contributed by atoms with Gasteiger partial charge in [0, 0.05) is 11.3 Å². The van der Waals surface area contributed by atoms with Gasteiger partial charge in [-0.1, -0.05) is 82.0 Å². The first-order valence-corrected chi connectivity index (χ1v) is 11.6. The zero-order chi connectivity index (χ0) is 23.2. The molecule has 0 amide bonds. The van der Waals surface area contributed by atoms with Crippen molar-refractivity contribution in [2.45, 2.75) is 44.9 Å². The van der Waals surface area contributed by atoms with Crippen LogP contribution in [0.4, 0.5) is 5.69 Å². The summed E-state index contributed by atoms with van der Waals surface area (Å²) in [7, 11) is -3.79. The van der Waals surface area contributed by atoms with Gasteiger partial charge in [-0.05, 0) is 54.7 Å². The number of benzene rings is 2. The lowest BCUT2D eigenvalue weighted by Gasteiger charge is -2.20. The summed E-state index contributed by atoms with van der Waals surface area (Å²) in [5, 5.41) is 3.21. The quantitative estimate of drug-likeness (QED) is 0.466. The summed E-state index contributed by atoms with van der Waals surface area (Å²) in [6.45, 7) is 17.8. The third-order valence-electron chi connectivity index (χ3n) is 4.63. The van der Waals surface area contributed by atoms with E-state index in [1.165, 1.54) is 0 Å². The molecule has 0 aliphatic rings. The lowest BCUT2D eigenvalue weighted by molar-refractivity contribution is 0.583. The van der Waals surface area contributed by atoms with Crippen LogP contribution in [0, 0.1) is 0 Å². The van der Waals surface area contributed by atoms with Crippen molar-refractivity contribution >= 4 is 27.9 Å². The molecule has 0 atom stereocenters. The van der Waals surface area contributed by atoms with Gasteiger partial charge in [-0.25, -0.2) is 8.42 Å². The number of nitrogens with one attached hydrogen (secondary N) is 2. The predicted octanol–water partition coefficient (Wildman–Crippen LogP) is 6.47. The van der Waals surface area contributed by atoms with Crippen molar-refractivity contribution in [1.82, 2.24) is 4.72 Å². The van der Waals surface area contributed by atoms with Gasteiger partial charge in [0.25, 0.3) is 10.0 Å². The molecule has 0 saturated heterocycles. The van der Waals surface area contributed by atoms with Crippen LogP contribution in [0.15, 0.2) is 84.1 Å². The van der Waals surface area contributed by atoms with E-state index >= 15 is 0 Å². The maximum absolute atomic E-state index is 13.1. The van der Waals surface area contributed by atoms with E-state index in [1.807, 2.05) is 49.4 Å². The summed E-state index contributed by atoms with van der Waals surface area (Å²) >= 11 is 0. The number of hydrogen-bond acceptors (Lipinski definition) is 3. The van der Waals surface area contributed by atoms with Gasteiger partial charge in [0.05, 0.1) is 4.90 Å². The fourth-order valence-corrected chi connectivity index (χ4v) is 4.05. The number of hydrogen-bond donors (Lipinski definition) is 2. The largest absolute Gasteiger partial charge is 0.341 e. The molecule has 0 aromatic heterocycles. The van der Waals surface area contributed by atoms with Crippen LogP contribution in [0.2, 0.25) is 0 Å². The second-order valence-electron chi connectivity index (χ2n) is 8.42. The number of allylic oxidation sites excluding steroid dienone is 3. The summed E-state index contributed by atoms with van der Waals surface area (Å²) < 4.78 is 28.8. The van der Waals surface area contributed by atoms with Crippen LogP contribution in [0.1, 0.15) is 51.3 Å². The molecule has 0 saturated carbocycles. The molecule has 5 heteroatoms. The van der Waals surface area contributed by atoms with Crippen molar-refractivity contribution < 1.29 is 8.42 Å². The molecule has 2 rings (SSSR count). The summed E-state index contributed by atoms with van der Waals surface area (Å²) in [4.78, 5) is 0.198. The van der Waals surface area contributed by atoms with Gasteiger partial charge < -0.3 is 5.32 Å². The van der Waals surface area contributed by atoms with Crippen LogP contribution in [0.5, 0.6) is 0 Å². The van der Waals surface area contributed by atoms with Crippen LogP contribution in [-0.4, -0.2) is 8.42 Å². The molecular formula is C26H32N2O2S. The highest BCUT2D eigenvalue weighted by Gasteiger charge is 2.19. The fourth-order valence-electron chi connectivity index (χ4n) is 3.04. The van der Waals surface area contributed by atoms with Gasteiger partial charge in [0.15, 0.2) is 0 Å². The molecule has 31 heavy (non-hydrogen) atoms. The molecule has 2 aromatic rings. The van der Waals surface area contributed by atoms with Crippen LogP contribution in [0.25, 0.3) is 12.2 Å². The molecule has 4 nitrogen and oxygen atoms in total. The predicted molar refractivity (Wildman–Crippen MR) is 133 cm³/mol. The molecule has 2 aromatic carbocycles. The zero-order valence-corrected chi connectivity index (χ0v) is 19.8. The number of anilines is 1. The summed E-state index contributed by atoms with van der Waals surface area (Å²) in [6.07, 6.45) is 7.32. The maximum Gasteiger partial charge on any atom is 0.262 e. The Morgan fingerprint density at radius 1 is 1.06 bits per heavy atom. The molecule has 0 spiro atoms. The highest BCUT2D eigenvalue weighted by molar-refractivity contribution is 7.89. The Morgan fingerprint density at radius 3 is 2.23 bits per heavy atom. The third-order valence-corrected chi connectivity index (χ3v) is 6.01. The molecule has 0 radical (unpaired) electrons. The molecule has 0 aliphatic carbocycles. The van der Waals surface area contributed by atoms with Crippen molar-refractivity contribution in [3.63, 3.8) is 0 Å². The Balaban J connectivity index is 2.41. The monoisotopic (exact) mass is 436 g/mol. The molecule has 164 valence electrons. The highest BCUT2D eigenvalue weighted by atomic mass is 32.2. The second kappa shape index (κ2) is 9.84. The van der Waals surface area contributed by atoms with Crippen molar-refractivity contribution in [2.24, 2.45) is 0 Å². The topological polar surface area (TPSA) is 58.2 Å². The average Bonchev–Trinajstić information content (AvgIpc) is 2.68. The van der Waals surface area contributed by atoms with E-state index in [4.69, 9.17) is 0 Å². The average molecular weight is 437 g/mol. The van der Waals surface area contributed by atoms with Gasteiger partial charge in [0.1, 0.15) is 5.82 Å². The Morgan fingerprint density at radius 2 is 1.71 bits per heavy atom. The minimum atomic E-state index is -3.79. The van der Waals surface area contributed by atoms with Gasteiger partial charge >= 0.3 is 0 Å². The maximum atomic E-state index is 13.1. The standard InChI is InChI=1S/C26H32N2O2S/c1-8-11-23-20(9-2)12-10-13-24(23)27-25(18-19(3)4)28-31(29,30)22-16-14-21(15-17-22)26(5,6)7/h8-18,27-28H,2-3H2,1,4-7H3/b11-8-,25-18+. The molecular weight excluding hydrogens is 404 g/mol. The Hall–Kier alpha value is -3.05. The fraction of sp³-hybridized carbons (Fsp3) is 0.231. The number of rotatable bonds is 8. The minimum absolute atomic E-state index is 0.0539. The van der Waals surface area contributed by atoms with Crippen molar-refractivity contribution in [1.29, 1.82) is 0 Å². The SMILES string of the molecule is C=Cc1cccc(N/C(=C\C(=C)C)NS(=O)(=O)c2ccc(C(C)(C)C)cc2)c1/C=C\C. The lowest BCUT2D eigenvalue weighted by Crippen LogP contribution is -2.27. The molecule has 0 bridgehead atoms. The van der Waals surface area contributed by atoms with E-state index < -0.39 is 10.0 Å². The summed E-state index contributed by atoms with van der Waals surface area (Å²) in [5.74, 6) is 0.319. The van der Waals surface area contributed by atoms with E-state index in [0.29, 0.717) is 11.4 Å². The van der Waals surface area contributed by atoms with E-state index in [0.717, 1.165) is 22.4 Å². The zero-order valence-electron chi connectivity index (χ0n) is 19.0. The normalized spacial score (nSPS) is 12.6. The van der Waals surface area contributed by atoms with Gasteiger partial charge in [-0.15, -0.1) is 0 Å². The molecule has 2 N–H and O–H groups in total. The van der Waals surface area contributed by atoms with Gasteiger partial charge in [0.2, 0.25) is 0 Å². The van der Waals surface area contributed by atoms with Crippen molar-refractivity contribution in [3.05, 3.63) is 95.9 Å². The van der Waals surface area contributed by atoms with Crippen LogP contribution in [0.3, 0.4) is 0 Å². The minimum Gasteiger partial charge on any atom is -0.341 e. The van der Waals surface area contributed by atoms with E-state index in [2.05, 4.69) is 44.0 Å².